The van der Waals surface area contributed by atoms with Gasteiger partial charge in [0.1, 0.15) is 17.1 Å². The molecule has 0 aromatic heterocycles. The Morgan fingerprint density at radius 3 is 2.39 bits per heavy atom. The lowest BCUT2D eigenvalue weighted by molar-refractivity contribution is -0.139. The molecule has 0 spiro atoms. The number of halogens is 4. The van der Waals surface area contributed by atoms with Crippen LogP contribution in [0.2, 0.25) is 0 Å². The first-order valence-corrected chi connectivity index (χ1v) is 9.44. The molecule has 0 atom stereocenters. The fourth-order valence-corrected chi connectivity index (χ4v) is 3.39. The number of unbranched alkanes of at least 4 members (excludes halogenated alkanes) is 1. The highest BCUT2D eigenvalue weighted by atomic mass is 79.9. The van der Waals surface area contributed by atoms with Crippen LogP contribution in [0.1, 0.15) is 46.8 Å². The largest absolute Gasteiger partial charge is 0.491 e. The first kappa shape index (κ1) is 22.2. The highest BCUT2D eigenvalue weighted by molar-refractivity contribution is 9.10. The lowest BCUT2D eigenvalue weighted by Crippen LogP contribution is -2.20. The highest BCUT2D eigenvalue weighted by Crippen LogP contribution is 2.45. The van der Waals surface area contributed by atoms with Gasteiger partial charge in [-0.05, 0) is 47.0 Å². The average molecular weight is 461 g/mol. The Labute approximate surface area is 169 Å². The van der Waals surface area contributed by atoms with Gasteiger partial charge in [0.25, 0.3) is 0 Å². The summed E-state index contributed by atoms with van der Waals surface area (Å²) in [5.74, 6) is -0.836. The Morgan fingerprint density at radius 1 is 1.21 bits per heavy atom. The van der Waals surface area contributed by atoms with Gasteiger partial charge in [0, 0.05) is 5.56 Å². The summed E-state index contributed by atoms with van der Waals surface area (Å²) in [7, 11) is 0. The predicted molar refractivity (Wildman–Crippen MR) is 102 cm³/mol. The van der Waals surface area contributed by atoms with Crippen molar-refractivity contribution < 1.29 is 32.5 Å². The van der Waals surface area contributed by atoms with Crippen molar-refractivity contribution in [3.05, 3.63) is 57.1 Å². The molecule has 0 fully saturated rings. The van der Waals surface area contributed by atoms with E-state index in [4.69, 9.17) is 9.47 Å². The first-order chi connectivity index (χ1) is 13.2. The molecule has 2 rings (SSSR count). The minimum Gasteiger partial charge on any atom is -0.491 e. The van der Waals surface area contributed by atoms with Crippen LogP contribution in [-0.2, 0) is 12.8 Å². The van der Waals surface area contributed by atoms with E-state index in [1.807, 2.05) is 6.92 Å². The minimum absolute atomic E-state index is 0.0658. The summed E-state index contributed by atoms with van der Waals surface area (Å²) >= 11 is 3.08. The second-order valence-electron chi connectivity index (χ2n) is 6.06. The van der Waals surface area contributed by atoms with Gasteiger partial charge in [0.2, 0.25) is 0 Å². The topological polar surface area (TPSA) is 55.8 Å². The van der Waals surface area contributed by atoms with E-state index in [0.29, 0.717) is 6.42 Å². The number of hydrogen-bond donors (Lipinski definition) is 1. The predicted octanol–water partition coefficient (Wildman–Crippen LogP) is 5.67. The van der Waals surface area contributed by atoms with Crippen LogP contribution in [0.3, 0.4) is 0 Å². The maximum Gasteiger partial charge on any atom is 0.417 e. The summed E-state index contributed by atoms with van der Waals surface area (Å²) in [6, 6.07) is 8.04. The maximum absolute atomic E-state index is 13.7. The van der Waals surface area contributed by atoms with Gasteiger partial charge in [0.05, 0.1) is 23.2 Å². The summed E-state index contributed by atoms with van der Waals surface area (Å²) in [5.41, 5.74) is -2.14. The molecule has 0 saturated heterocycles. The van der Waals surface area contributed by atoms with E-state index in [2.05, 4.69) is 15.9 Å². The third-order valence-corrected chi connectivity index (χ3v) is 4.93. The number of carbonyl (C=O) groups excluding carboxylic acids is 1. The Hall–Kier alpha value is -2.06. The van der Waals surface area contributed by atoms with Gasteiger partial charge in [-0.1, -0.05) is 31.5 Å². The number of carbonyl (C=O) groups is 1. The lowest BCUT2D eigenvalue weighted by atomic mass is 9.95. The average Bonchev–Trinajstić information content (AvgIpc) is 2.63. The molecule has 0 aliphatic rings. The smallest absolute Gasteiger partial charge is 0.417 e. The highest BCUT2D eigenvalue weighted by Gasteiger charge is 2.40. The van der Waals surface area contributed by atoms with Gasteiger partial charge in [-0.3, -0.25) is 0 Å². The molecule has 0 radical (unpaired) electrons. The Balaban J connectivity index is 2.65. The summed E-state index contributed by atoms with van der Waals surface area (Å²) in [4.78, 5) is 12.8. The molecule has 2 aromatic carbocycles. The van der Waals surface area contributed by atoms with E-state index in [1.165, 1.54) is 19.1 Å². The second-order valence-corrected chi connectivity index (χ2v) is 6.85. The van der Waals surface area contributed by atoms with Crippen molar-refractivity contribution >= 4 is 21.9 Å². The van der Waals surface area contributed by atoms with Gasteiger partial charge in [0.15, 0.2) is 0 Å². The summed E-state index contributed by atoms with van der Waals surface area (Å²) in [6.45, 7) is 2.44. The SMILES string of the molecule is CCCCOc1c(Br)c(CO)c(C(F)(F)F)c(C)c1C(=O)Oc1ccccc1. The van der Waals surface area contributed by atoms with Gasteiger partial charge in [-0.25, -0.2) is 4.79 Å². The van der Waals surface area contributed by atoms with Crippen LogP contribution in [0, 0.1) is 6.92 Å². The van der Waals surface area contributed by atoms with E-state index in [9.17, 15) is 23.1 Å². The number of aliphatic hydroxyl groups excluding tert-OH is 1. The van der Waals surface area contributed by atoms with Gasteiger partial charge in [-0.2, -0.15) is 13.2 Å². The van der Waals surface area contributed by atoms with Crippen LogP contribution in [-0.4, -0.2) is 17.7 Å². The van der Waals surface area contributed by atoms with Crippen LogP contribution in [0.5, 0.6) is 11.5 Å². The lowest BCUT2D eigenvalue weighted by Gasteiger charge is -2.22. The molecule has 0 heterocycles. The number of para-hydroxylation sites is 1. The molecule has 0 amide bonds. The van der Waals surface area contributed by atoms with Crippen molar-refractivity contribution in [1.82, 2.24) is 0 Å². The standard InChI is InChI=1S/C20H20BrF3O4/c1-3-4-10-27-18-15(19(26)28-13-8-6-5-7-9-13)12(2)16(20(22,23)24)14(11-25)17(18)21/h5-9,25H,3-4,10-11H2,1-2H3. The molecular weight excluding hydrogens is 441 g/mol. The molecule has 0 aliphatic carbocycles. The fourth-order valence-electron chi connectivity index (χ4n) is 2.76. The molecule has 0 saturated carbocycles. The molecular formula is C20H20BrF3O4. The number of benzene rings is 2. The Morgan fingerprint density at radius 2 is 1.86 bits per heavy atom. The normalized spacial score (nSPS) is 11.4. The van der Waals surface area contributed by atoms with Crippen LogP contribution in [0.4, 0.5) is 13.2 Å². The van der Waals surface area contributed by atoms with Crippen LogP contribution < -0.4 is 9.47 Å². The monoisotopic (exact) mass is 460 g/mol. The molecule has 2 aromatic rings. The van der Waals surface area contributed by atoms with Crippen molar-refractivity contribution in [1.29, 1.82) is 0 Å². The number of rotatable bonds is 7. The molecule has 0 bridgehead atoms. The van der Waals surface area contributed by atoms with Crippen LogP contribution in [0.15, 0.2) is 34.8 Å². The van der Waals surface area contributed by atoms with E-state index in [0.717, 1.165) is 6.42 Å². The van der Waals surface area contributed by atoms with Crippen molar-refractivity contribution in [2.24, 2.45) is 0 Å². The fraction of sp³-hybridized carbons (Fsp3) is 0.350. The zero-order valence-electron chi connectivity index (χ0n) is 15.4. The second kappa shape index (κ2) is 9.43. The molecule has 28 heavy (non-hydrogen) atoms. The molecule has 0 aliphatic heterocycles. The number of aliphatic hydroxyl groups is 1. The third-order valence-electron chi connectivity index (χ3n) is 4.09. The van der Waals surface area contributed by atoms with Crippen molar-refractivity contribution in [2.45, 2.75) is 39.5 Å². The Kier molecular flexibility index (Phi) is 7.48. The first-order valence-electron chi connectivity index (χ1n) is 8.65. The molecule has 4 nitrogen and oxygen atoms in total. The van der Waals surface area contributed by atoms with Crippen molar-refractivity contribution in [3.8, 4) is 11.5 Å². The zero-order valence-corrected chi connectivity index (χ0v) is 17.0. The van der Waals surface area contributed by atoms with Crippen molar-refractivity contribution in [2.75, 3.05) is 6.61 Å². The molecule has 152 valence electrons. The van der Waals surface area contributed by atoms with Crippen LogP contribution in [0.25, 0.3) is 0 Å². The number of alkyl halides is 3. The van der Waals surface area contributed by atoms with E-state index in [-0.39, 0.29) is 39.3 Å². The van der Waals surface area contributed by atoms with Gasteiger partial charge >= 0.3 is 12.1 Å². The van der Waals surface area contributed by atoms with Crippen molar-refractivity contribution in [3.63, 3.8) is 0 Å². The number of esters is 1. The minimum atomic E-state index is -4.77. The summed E-state index contributed by atoms with van der Waals surface area (Å²) in [6.07, 6.45) is -3.32. The van der Waals surface area contributed by atoms with E-state index < -0.39 is 24.3 Å². The number of ether oxygens (including phenoxy) is 2. The van der Waals surface area contributed by atoms with Gasteiger partial charge < -0.3 is 14.6 Å². The molecule has 8 heteroatoms. The summed E-state index contributed by atoms with van der Waals surface area (Å²) < 4.78 is 51.8. The quantitative estimate of drug-likeness (QED) is 0.328. The molecule has 1 N–H and O–H groups in total. The van der Waals surface area contributed by atoms with E-state index in [1.54, 1.807) is 18.2 Å². The Bertz CT molecular complexity index is 836. The molecule has 0 unspecified atom stereocenters. The van der Waals surface area contributed by atoms with Crippen LogP contribution >= 0.6 is 15.9 Å². The zero-order chi connectivity index (χ0) is 20.9. The summed E-state index contributed by atoms with van der Waals surface area (Å²) in [5, 5.41) is 9.55. The van der Waals surface area contributed by atoms with Gasteiger partial charge in [-0.15, -0.1) is 0 Å². The number of hydrogen-bond acceptors (Lipinski definition) is 4. The maximum atomic E-state index is 13.7. The third kappa shape index (κ3) is 4.86. The van der Waals surface area contributed by atoms with E-state index >= 15 is 0 Å².